The van der Waals surface area contributed by atoms with Crippen LogP contribution in [0, 0.1) is 0 Å². The number of anilines is 1. The molecular formula is C16H16ClN3O5S. The first kappa shape index (κ1) is 18.5. The van der Waals surface area contributed by atoms with Gasteiger partial charge >= 0.3 is 0 Å². The fourth-order valence-electron chi connectivity index (χ4n) is 2.65. The van der Waals surface area contributed by atoms with Gasteiger partial charge in [0.05, 0.1) is 22.5 Å². The van der Waals surface area contributed by atoms with Crippen molar-refractivity contribution < 1.29 is 23.6 Å². The maximum atomic E-state index is 13.1. The molecule has 0 bridgehead atoms. The van der Waals surface area contributed by atoms with Crippen LogP contribution in [-0.4, -0.2) is 29.9 Å². The topological polar surface area (TPSA) is 118 Å². The highest BCUT2D eigenvalue weighted by Crippen LogP contribution is 2.32. The first-order valence-electron chi connectivity index (χ1n) is 7.40. The second-order valence-electron chi connectivity index (χ2n) is 5.45. The number of nitrogens with two attached hydrogens (primary N) is 1. The minimum atomic E-state index is -4.05. The molecule has 0 amide bonds. The molecule has 0 aliphatic rings. The molecule has 0 saturated carbocycles. The number of fused-ring (bicyclic) bond motifs is 1. The lowest BCUT2D eigenvalue weighted by molar-refractivity contribution is 0.0291. The highest BCUT2D eigenvalue weighted by Gasteiger charge is 2.23. The van der Waals surface area contributed by atoms with Gasteiger partial charge in [-0.15, -0.1) is 5.23 Å². The van der Waals surface area contributed by atoms with Crippen LogP contribution in [0.2, 0.25) is 5.02 Å². The average molecular weight is 398 g/mol. The van der Waals surface area contributed by atoms with Crippen molar-refractivity contribution in [3.63, 3.8) is 0 Å². The number of hydrogen-bond donors (Lipinski definition) is 3. The van der Waals surface area contributed by atoms with E-state index in [0.717, 1.165) is 10.0 Å². The summed E-state index contributed by atoms with van der Waals surface area (Å²) in [6, 6.07) is 8.64. The number of ether oxygens (including phenoxy) is 1. The van der Waals surface area contributed by atoms with E-state index in [0.29, 0.717) is 22.2 Å². The monoisotopic (exact) mass is 397 g/mol. The maximum absolute atomic E-state index is 13.1. The minimum absolute atomic E-state index is 0.0179. The minimum Gasteiger partial charge on any atom is -0.497 e. The third-order valence-electron chi connectivity index (χ3n) is 3.97. The van der Waals surface area contributed by atoms with E-state index in [1.165, 1.54) is 25.4 Å². The highest BCUT2D eigenvalue weighted by molar-refractivity contribution is 7.90. The van der Waals surface area contributed by atoms with Gasteiger partial charge < -0.3 is 10.5 Å². The van der Waals surface area contributed by atoms with Crippen molar-refractivity contribution in [2.75, 3.05) is 12.3 Å². The molecule has 1 aromatic heterocycles. The van der Waals surface area contributed by atoms with Gasteiger partial charge in [-0.2, -0.15) is 0 Å². The average Bonchev–Trinajstić information content (AvgIpc) is 3.00. The van der Waals surface area contributed by atoms with Crippen LogP contribution in [0.1, 0.15) is 5.56 Å². The number of rotatable bonds is 5. The van der Waals surface area contributed by atoms with Crippen LogP contribution in [0.4, 0.5) is 5.69 Å². The van der Waals surface area contributed by atoms with E-state index in [1.807, 2.05) is 0 Å². The fraction of sp³-hybridized carbons (Fsp3) is 0.125. The van der Waals surface area contributed by atoms with Crippen molar-refractivity contribution >= 4 is 38.2 Å². The van der Waals surface area contributed by atoms with Gasteiger partial charge in [0.2, 0.25) is 0 Å². The first-order chi connectivity index (χ1) is 12.3. The third-order valence-corrected chi connectivity index (χ3v) is 5.96. The van der Waals surface area contributed by atoms with E-state index in [-0.39, 0.29) is 27.4 Å². The second kappa shape index (κ2) is 6.78. The van der Waals surface area contributed by atoms with Crippen LogP contribution >= 0.6 is 11.6 Å². The summed E-state index contributed by atoms with van der Waals surface area (Å²) >= 11 is 5.85. The molecule has 26 heavy (non-hydrogen) atoms. The molecule has 0 spiro atoms. The number of hydrogen-bond acceptors (Lipinski definition) is 7. The van der Waals surface area contributed by atoms with Crippen LogP contribution in [0.15, 0.2) is 47.5 Å². The summed E-state index contributed by atoms with van der Waals surface area (Å²) in [4.78, 5) is -0.173. The van der Waals surface area contributed by atoms with Gasteiger partial charge in [0.1, 0.15) is 11.4 Å². The number of nitrogens with zero attached hydrogens (tertiary/aromatic N) is 2. The molecule has 2 aromatic carbocycles. The Labute approximate surface area is 154 Å². The summed E-state index contributed by atoms with van der Waals surface area (Å²) in [5.41, 5.74) is 6.51. The van der Waals surface area contributed by atoms with E-state index in [9.17, 15) is 18.8 Å². The standard InChI is InChI=1S/C16H16ClN3O5S/c1-25-11-2-4-13-10(8-18)9-19(15(13)6-11)26(23,24)12-3-5-14(17)16(7-12)20(21)22/h2-7,9,21-22H,8,18H2,1H3. The molecular weight excluding hydrogens is 382 g/mol. The van der Waals surface area contributed by atoms with Gasteiger partial charge in [0.15, 0.2) is 0 Å². The van der Waals surface area contributed by atoms with Gasteiger partial charge in [-0.05, 0) is 35.9 Å². The summed E-state index contributed by atoms with van der Waals surface area (Å²) < 4.78 is 32.5. The Morgan fingerprint density at radius 1 is 1.23 bits per heavy atom. The molecule has 0 aliphatic heterocycles. The van der Waals surface area contributed by atoms with Crippen LogP contribution < -0.4 is 15.7 Å². The number of halogens is 1. The van der Waals surface area contributed by atoms with E-state index in [1.54, 1.807) is 18.2 Å². The third kappa shape index (κ3) is 3.00. The number of benzene rings is 2. The lowest BCUT2D eigenvalue weighted by Gasteiger charge is -2.13. The molecule has 0 atom stereocenters. The van der Waals surface area contributed by atoms with Crippen molar-refractivity contribution in [2.45, 2.75) is 11.4 Å². The largest absolute Gasteiger partial charge is 0.497 e. The molecule has 138 valence electrons. The molecule has 0 unspecified atom stereocenters. The van der Waals surface area contributed by atoms with E-state index in [4.69, 9.17) is 22.1 Å². The summed E-state index contributed by atoms with van der Waals surface area (Å²) in [7, 11) is -2.57. The summed E-state index contributed by atoms with van der Waals surface area (Å²) in [6.07, 6.45) is 1.43. The Balaban J connectivity index is 2.26. The molecule has 3 aromatic rings. The number of methoxy groups -OCH3 is 1. The highest BCUT2D eigenvalue weighted by atomic mass is 35.5. The normalized spacial score (nSPS) is 11.7. The lowest BCUT2D eigenvalue weighted by Crippen LogP contribution is -2.15. The Kier molecular flexibility index (Phi) is 4.82. The molecule has 0 saturated heterocycles. The smallest absolute Gasteiger partial charge is 0.268 e. The van der Waals surface area contributed by atoms with Crippen LogP contribution in [0.3, 0.4) is 0 Å². The second-order valence-corrected chi connectivity index (χ2v) is 7.67. The van der Waals surface area contributed by atoms with Crippen molar-refractivity contribution in [3.8, 4) is 5.75 Å². The zero-order valence-corrected chi connectivity index (χ0v) is 15.2. The summed E-state index contributed by atoms with van der Waals surface area (Å²) in [6.45, 7) is 0.151. The summed E-state index contributed by atoms with van der Waals surface area (Å²) in [5.74, 6) is 0.490. The molecule has 3 rings (SSSR count). The van der Waals surface area contributed by atoms with Gasteiger partial charge in [-0.25, -0.2) is 12.4 Å². The Morgan fingerprint density at radius 2 is 1.96 bits per heavy atom. The fourth-order valence-corrected chi connectivity index (χ4v) is 4.25. The zero-order valence-electron chi connectivity index (χ0n) is 13.6. The van der Waals surface area contributed by atoms with Crippen molar-refractivity contribution in [2.24, 2.45) is 5.73 Å². The Hall–Kier alpha value is -2.30. The quantitative estimate of drug-likeness (QED) is 0.566. The van der Waals surface area contributed by atoms with E-state index >= 15 is 0 Å². The molecule has 0 radical (unpaired) electrons. The zero-order chi connectivity index (χ0) is 19.1. The van der Waals surface area contributed by atoms with Gasteiger partial charge in [-0.1, -0.05) is 11.6 Å². The van der Waals surface area contributed by atoms with Gasteiger partial charge in [-0.3, -0.25) is 10.4 Å². The molecule has 4 N–H and O–H groups in total. The van der Waals surface area contributed by atoms with Gasteiger partial charge in [0.25, 0.3) is 10.0 Å². The van der Waals surface area contributed by atoms with E-state index in [2.05, 4.69) is 0 Å². The molecule has 10 heteroatoms. The lowest BCUT2D eigenvalue weighted by atomic mass is 10.2. The van der Waals surface area contributed by atoms with Gasteiger partial charge in [0, 0.05) is 24.2 Å². The first-order valence-corrected chi connectivity index (χ1v) is 9.22. The predicted molar refractivity (Wildman–Crippen MR) is 96.5 cm³/mol. The SMILES string of the molecule is COc1ccc2c(CN)cn(S(=O)(=O)c3ccc(Cl)c(N(O)O)c3)c2c1. The van der Waals surface area contributed by atoms with Crippen molar-refractivity contribution in [1.82, 2.24) is 3.97 Å². The molecule has 0 aliphatic carbocycles. The predicted octanol–water partition coefficient (Wildman–Crippen LogP) is 2.58. The number of aromatic nitrogens is 1. The molecule has 1 heterocycles. The summed E-state index contributed by atoms with van der Waals surface area (Å²) in [5, 5.41) is 18.9. The molecule has 0 fully saturated rings. The Bertz CT molecular complexity index is 1080. The van der Waals surface area contributed by atoms with Crippen molar-refractivity contribution in [1.29, 1.82) is 0 Å². The van der Waals surface area contributed by atoms with Crippen LogP contribution in [-0.2, 0) is 16.6 Å². The van der Waals surface area contributed by atoms with Crippen LogP contribution in [0.5, 0.6) is 5.75 Å². The van der Waals surface area contributed by atoms with E-state index < -0.39 is 10.0 Å². The molecule has 8 nitrogen and oxygen atoms in total. The maximum Gasteiger partial charge on any atom is 0.268 e. The van der Waals surface area contributed by atoms with Crippen molar-refractivity contribution in [3.05, 3.63) is 53.2 Å². The Morgan fingerprint density at radius 3 is 2.58 bits per heavy atom. The van der Waals surface area contributed by atoms with Crippen LogP contribution in [0.25, 0.3) is 10.9 Å².